The smallest absolute Gasteiger partial charge is 0.227 e. The molecule has 2 aromatic carbocycles. The van der Waals surface area contributed by atoms with Crippen molar-refractivity contribution in [3.8, 4) is 11.1 Å². The normalized spacial score (nSPS) is 18.2. The fraction of sp³-hybridized carbons (Fsp3) is 0.316. The Morgan fingerprint density at radius 1 is 1.09 bits per heavy atom. The van der Waals surface area contributed by atoms with Gasteiger partial charge in [0.15, 0.2) is 0 Å². The minimum atomic E-state index is 0.224. The maximum Gasteiger partial charge on any atom is 0.227 e. The topological polar surface area (TPSA) is 32.3 Å². The number of nitrogens with zero attached hydrogens (tertiary/aromatic N) is 1. The summed E-state index contributed by atoms with van der Waals surface area (Å²) >= 11 is 0. The van der Waals surface area contributed by atoms with Crippen molar-refractivity contribution in [2.75, 3.05) is 19.6 Å². The third kappa shape index (κ3) is 3.37. The van der Waals surface area contributed by atoms with Crippen molar-refractivity contribution in [1.29, 1.82) is 0 Å². The van der Waals surface area contributed by atoms with E-state index in [0.29, 0.717) is 6.42 Å². The van der Waals surface area contributed by atoms with Crippen LogP contribution in [0.5, 0.6) is 0 Å². The first-order valence-corrected chi connectivity index (χ1v) is 7.88. The fourth-order valence-electron chi connectivity index (χ4n) is 2.93. The molecule has 1 aliphatic heterocycles. The van der Waals surface area contributed by atoms with E-state index in [1.54, 1.807) is 0 Å². The Bertz CT molecular complexity index is 622. The summed E-state index contributed by atoms with van der Waals surface area (Å²) in [6.45, 7) is 4.69. The Morgan fingerprint density at radius 2 is 1.77 bits per heavy atom. The van der Waals surface area contributed by atoms with Gasteiger partial charge in [0.1, 0.15) is 0 Å². The van der Waals surface area contributed by atoms with Crippen LogP contribution >= 0.6 is 0 Å². The van der Waals surface area contributed by atoms with E-state index in [9.17, 15) is 4.79 Å². The summed E-state index contributed by atoms with van der Waals surface area (Å²) in [5.41, 5.74) is 3.47. The number of carbonyl (C=O) groups is 1. The molecule has 114 valence electrons. The minimum absolute atomic E-state index is 0.224. The second kappa shape index (κ2) is 6.75. The van der Waals surface area contributed by atoms with E-state index in [0.717, 1.165) is 25.2 Å². The molecular formula is C19H22N2O. The summed E-state index contributed by atoms with van der Waals surface area (Å²) in [5.74, 6) is 0.224. The Morgan fingerprint density at radius 3 is 2.45 bits per heavy atom. The van der Waals surface area contributed by atoms with Gasteiger partial charge in [0.05, 0.1) is 6.42 Å². The average molecular weight is 294 g/mol. The largest absolute Gasteiger partial charge is 0.337 e. The van der Waals surface area contributed by atoms with E-state index in [2.05, 4.69) is 48.6 Å². The number of benzene rings is 2. The number of piperazine rings is 1. The number of amides is 1. The predicted molar refractivity (Wildman–Crippen MR) is 89.6 cm³/mol. The Balaban J connectivity index is 1.67. The molecular weight excluding hydrogens is 272 g/mol. The van der Waals surface area contributed by atoms with Crippen LogP contribution in [0.4, 0.5) is 0 Å². The van der Waals surface area contributed by atoms with Gasteiger partial charge in [-0.2, -0.15) is 0 Å². The van der Waals surface area contributed by atoms with Gasteiger partial charge in [-0.15, -0.1) is 0 Å². The number of rotatable bonds is 3. The lowest BCUT2D eigenvalue weighted by Gasteiger charge is -2.34. The van der Waals surface area contributed by atoms with E-state index in [-0.39, 0.29) is 11.9 Å². The van der Waals surface area contributed by atoms with E-state index < -0.39 is 0 Å². The van der Waals surface area contributed by atoms with Crippen molar-refractivity contribution in [1.82, 2.24) is 10.2 Å². The standard InChI is InChI=1S/C19H22N2O/c1-15-14-20-11-12-21(15)19(22)13-16-7-9-18(10-8-16)17-5-3-2-4-6-17/h2-10,15,20H,11-14H2,1H3. The third-order valence-corrected chi connectivity index (χ3v) is 4.24. The van der Waals surface area contributed by atoms with Crippen LogP contribution in [-0.2, 0) is 11.2 Å². The van der Waals surface area contributed by atoms with Crippen LogP contribution in [-0.4, -0.2) is 36.5 Å². The minimum Gasteiger partial charge on any atom is -0.337 e. The van der Waals surface area contributed by atoms with E-state index in [4.69, 9.17) is 0 Å². The summed E-state index contributed by atoms with van der Waals surface area (Å²) in [6.07, 6.45) is 0.486. The molecule has 0 saturated carbocycles. The molecule has 3 nitrogen and oxygen atoms in total. The Hall–Kier alpha value is -2.13. The van der Waals surface area contributed by atoms with Crippen LogP contribution in [0.15, 0.2) is 54.6 Å². The molecule has 0 radical (unpaired) electrons. The lowest BCUT2D eigenvalue weighted by Crippen LogP contribution is -2.52. The van der Waals surface area contributed by atoms with Gasteiger partial charge in [-0.3, -0.25) is 4.79 Å². The Labute approximate surface area is 132 Å². The lowest BCUT2D eigenvalue weighted by atomic mass is 10.0. The van der Waals surface area contributed by atoms with Crippen LogP contribution in [0.25, 0.3) is 11.1 Å². The maximum atomic E-state index is 12.4. The highest BCUT2D eigenvalue weighted by molar-refractivity contribution is 5.79. The van der Waals surface area contributed by atoms with Crippen molar-refractivity contribution in [2.24, 2.45) is 0 Å². The summed E-state index contributed by atoms with van der Waals surface area (Å²) < 4.78 is 0. The van der Waals surface area contributed by atoms with Crippen molar-refractivity contribution in [3.63, 3.8) is 0 Å². The van der Waals surface area contributed by atoms with Gasteiger partial charge in [-0.1, -0.05) is 54.6 Å². The molecule has 1 fully saturated rings. The van der Waals surface area contributed by atoms with Crippen molar-refractivity contribution >= 4 is 5.91 Å². The molecule has 0 bridgehead atoms. The number of hydrogen-bond donors (Lipinski definition) is 1. The zero-order valence-electron chi connectivity index (χ0n) is 13.0. The summed E-state index contributed by atoms with van der Waals surface area (Å²) in [7, 11) is 0. The molecule has 3 heteroatoms. The first-order valence-electron chi connectivity index (χ1n) is 7.88. The second-order valence-electron chi connectivity index (χ2n) is 5.88. The van der Waals surface area contributed by atoms with Crippen molar-refractivity contribution in [2.45, 2.75) is 19.4 Å². The van der Waals surface area contributed by atoms with Gasteiger partial charge in [-0.05, 0) is 23.6 Å². The second-order valence-corrected chi connectivity index (χ2v) is 5.88. The van der Waals surface area contributed by atoms with Crippen LogP contribution < -0.4 is 5.32 Å². The molecule has 1 aliphatic rings. The lowest BCUT2D eigenvalue weighted by molar-refractivity contribution is -0.133. The summed E-state index contributed by atoms with van der Waals surface area (Å²) in [5, 5.41) is 3.31. The SMILES string of the molecule is CC1CNCCN1C(=O)Cc1ccc(-c2ccccc2)cc1. The molecule has 1 heterocycles. The van der Waals surface area contributed by atoms with Gasteiger partial charge >= 0.3 is 0 Å². The monoisotopic (exact) mass is 294 g/mol. The van der Waals surface area contributed by atoms with Gasteiger partial charge in [0.25, 0.3) is 0 Å². The molecule has 1 N–H and O–H groups in total. The molecule has 2 aromatic rings. The van der Waals surface area contributed by atoms with Gasteiger partial charge in [0.2, 0.25) is 5.91 Å². The van der Waals surface area contributed by atoms with Gasteiger partial charge in [0, 0.05) is 25.7 Å². The van der Waals surface area contributed by atoms with E-state index >= 15 is 0 Å². The quantitative estimate of drug-likeness (QED) is 0.944. The molecule has 0 aliphatic carbocycles. The van der Waals surface area contributed by atoms with Crippen LogP contribution in [0.1, 0.15) is 12.5 Å². The molecule has 1 atom stereocenters. The average Bonchev–Trinajstić information content (AvgIpc) is 2.57. The number of nitrogens with one attached hydrogen (secondary N) is 1. The highest BCUT2D eigenvalue weighted by Crippen LogP contribution is 2.19. The number of hydrogen-bond acceptors (Lipinski definition) is 2. The van der Waals surface area contributed by atoms with Crippen molar-refractivity contribution in [3.05, 3.63) is 60.2 Å². The van der Waals surface area contributed by atoms with E-state index in [1.807, 2.05) is 23.1 Å². The first kappa shape index (κ1) is 14.8. The van der Waals surface area contributed by atoms with Crippen LogP contribution in [0.3, 0.4) is 0 Å². The predicted octanol–water partition coefficient (Wildman–Crippen LogP) is 2.72. The molecule has 0 aromatic heterocycles. The summed E-state index contributed by atoms with van der Waals surface area (Å²) in [4.78, 5) is 14.4. The molecule has 3 rings (SSSR count). The highest BCUT2D eigenvalue weighted by atomic mass is 16.2. The maximum absolute atomic E-state index is 12.4. The molecule has 1 amide bonds. The molecule has 0 spiro atoms. The van der Waals surface area contributed by atoms with Crippen LogP contribution in [0.2, 0.25) is 0 Å². The highest BCUT2D eigenvalue weighted by Gasteiger charge is 2.22. The van der Waals surface area contributed by atoms with Crippen molar-refractivity contribution < 1.29 is 4.79 Å². The zero-order valence-corrected chi connectivity index (χ0v) is 13.0. The van der Waals surface area contributed by atoms with Gasteiger partial charge < -0.3 is 10.2 Å². The van der Waals surface area contributed by atoms with Crippen LogP contribution in [0, 0.1) is 0 Å². The van der Waals surface area contributed by atoms with Gasteiger partial charge in [-0.25, -0.2) is 0 Å². The first-order chi connectivity index (χ1) is 10.7. The van der Waals surface area contributed by atoms with E-state index in [1.165, 1.54) is 11.1 Å². The third-order valence-electron chi connectivity index (χ3n) is 4.24. The molecule has 1 saturated heterocycles. The molecule has 1 unspecified atom stereocenters. The summed E-state index contributed by atoms with van der Waals surface area (Å²) in [6, 6.07) is 18.9. The number of carbonyl (C=O) groups excluding carboxylic acids is 1. The Kier molecular flexibility index (Phi) is 4.54. The molecule has 22 heavy (non-hydrogen) atoms. The fourth-order valence-corrected chi connectivity index (χ4v) is 2.93. The zero-order chi connectivity index (χ0) is 15.4.